The Balaban J connectivity index is 1.10. The Hall–Kier alpha value is -7.60. The van der Waals surface area contributed by atoms with Crippen LogP contribution in [0, 0.1) is 11.8 Å². The number of nitrogens with zero attached hydrogens (tertiary/aromatic N) is 6. The van der Waals surface area contributed by atoms with Gasteiger partial charge in [-0.1, -0.05) is 60.7 Å². The molecule has 2 unspecified atom stereocenters. The molecule has 2 aliphatic heterocycles. The van der Waals surface area contributed by atoms with E-state index in [4.69, 9.17) is 0 Å². The van der Waals surface area contributed by atoms with Crippen molar-refractivity contribution in [1.82, 2.24) is 40.4 Å². The van der Waals surface area contributed by atoms with E-state index in [-0.39, 0.29) is 35.2 Å². The first-order chi connectivity index (χ1) is 32.3. The van der Waals surface area contributed by atoms with Crippen LogP contribution < -0.4 is 10.6 Å². The van der Waals surface area contributed by atoms with Crippen LogP contribution in [0.2, 0.25) is 0 Å². The Labute approximate surface area is 382 Å². The predicted molar refractivity (Wildman–Crippen MR) is 246 cm³/mol. The molecule has 12 heteroatoms. The number of pyridine rings is 4. The van der Waals surface area contributed by atoms with Gasteiger partial charge in [0.25, 0.3) is 0 Å². The molecule has 6 aliphatic rings. The predicted octanol–water partition coefficient (Wildman–Crippen LogP) is 7.37. The number of carbonyl (C=O) groups is 4. The largest absolute Gasteiger partial charge is 0.339 e. The van der Waals surface area contributed by atoms with Gasteiger partial charge in [-0.3, -0.25) is 39.1 Å². The Bertz CT molecular complexity index is 2560. The van der Waals surface area contributed by atoms with Crippen LogP contribution in [0.1, 0.15) is 93.3 Å². The summed E-state index contributed by atoms with van der Waals surface area (Å²) in [6.07, 6.45) is 21.9. The normalized spacial score (nSPS) is 26.6. The van der Waals surface area contributed by atoms with Crippen LogP contribution in [0.5, 0.6) is 0 Å². The number of aromatic nitrogens is 4. The molecule has 2 aromatic carbocycles. The monoisotopic (exact) mass is 872 g/mol. The fraction of sp³-hybridized carbons (Fsp3) is 0.259. The average Bonchev–Trinajstić information content (AvgIpc) is 3.85. The van der Waals surface area contributed by atoms with Gasteiger partial charge in [-0.25, -0.2) is 0 Å². The van der Waals surface area contributed by atoms with Crippen molar-refractivity contribution in [3.8, 4) is 0 Å². The average molecular weight is 873 g/mol. The molecule has 4 aliphatic carbocycles. The molecule has 4 saturated carbocycles. The van der Waals surface area contributed by atoms with Gasteiger partial charge in [-0.15, -0.1) is 0 Å². The van der Waals surface area contributed by atoms with Crippen molar-refractivity contribution in [1.29, 1.82) is 0 Å². The summed E-state index contributed by atoms with van der Waals surface area (Å²) in [5.74, 6) is -0.362. The van der Waals surface area contributed by atoms with Crippen molar-refractivity contribution >= 4 is 23.4 Å². The molecule has 2 N–H and O–H groups in total. The van der Waals surface area contributed by atoms with E-state index < -0.39 is 35.0 Å². The number of amides is 2. The van der Waals surface area contributed by atoms with Crippen molar-refractivity contribution in [2.75, 3.05) is 0 Å². The maximum Gasteiger partial charge on any atom is 0.249 e. The quantitative estimate of drug-likeness (QED) is 0.0943. The molecule has 4 bridgehead atoms. The highest BCUT2D eigenvalue weighted by Crippen LogP contribution is 2.64. The summed E-state index contributed by atoms with van der Waals surface area (Å²) in [6.45, 7) is 0. The van der Waals surface area contributed by atoms with E-state index in [1.54, 1.807) is 86.0 Å². The Morgan fingerprint density at radius 3 is 1.14 bits per heavy atom. The number of allylic oxidation sites excluding steroid dienone is 2. The number of nitrogens with one attached hydrogen (secondary N) is 2. The second kappa shape index (κ2) is 16.8. The van der Waals surface area contributed by atoms with Gasteiger partial charge in [0.05, 0.1) is 0 Å². The highest BCUT2D eigenvalue weighted by molar-refractivity contribution is 6.06. The molecule has 6 heterocycles. The minimum atomic E-state index is -0.761. The summed E-state index contributed by atoms with van der Waals surface area (Å²) < 4.78 is 0. The highest BCUT2D eigenvalue weighted by atomic mass is 16.2. The summed E-state index contributed by atoms with van der Waals surface area (Å²) in [4.78, 5) is 80.6. The van der Waals surface area contributed by atoms with Crippen LogP contribution in [0.3, 0.4) is 0 Å². The number of carbonyl (C=O) groups excluding carboxylic acids is 4. The van der Waals surface area contributed by atoms with Crippen LogP contribution in [0.15, 0.2) is 183 Å². The van der Waals surface area contributed by atoms with E-state index >= 15 is 9.59 Å². The topological polar surface area (TPSA) is 150 Å². The van der Waals surface area contributed by atoms with Gasteiger partial charge in [-0.2, -0.15) is 0 Å². The lowest BCUT2D eigenvalue weighted by molar-refractivity contribution is -0.151. The number of hydrogen-bond donors (Lipinski definition) is 2. The molecular formula is C54H48N8O4. The van der Waals surface area contributed by atoms with Crippen LogP contribution in [0.4, 0.5) is 0 Å². The molecule has 12 nitrogen and oxygen atoms in total. The molecule has 0 radical (unpaired) electrons. The van der Waals surface area contributed by atoms with Crippen LogP contribution >= 0.6 is 0 Å². The van der Waals surface area contributed by atoms with Crippen LogP contribution in [-0.4, -0.2) is 76.3 Å². The summed E-state index contributed by atoms with van der Waals surface area (Å²) in [5, 5.41) is 6.52. The molecule has 2 atom stereocenters. The van der Waals surface area contributed by atoms with Gasteiger partial charge in [0.1, 0.15) is 23.7 Å². The van der Waals surface area contributed by atoms with E-state index in [2.05, 4.69) is 40.4 Å². The molecule has 0 spiro atoms. The minimum Gasteiger partial charge on any atom is -0.339 e. The second-order valence-corrected chi connectivity index (χ2v) is 18.6. The van der Waals surface area contributed by atoms with Gasteiger partial charge in [0.2, 0.25) is 11.8 Å². The molecule has 2 amide bonds. The molecule has 328 valence electrons. The van der Waals surface area contributed by atoms with E-state index in [0.717, 1.165) is 54.4 Å². The molecular weight excluding hydrogens is 825 g/mol. The summed E-state index contributed by atoms with van der Waals surface area (Å²) >= 11 is 0. The van der Waals surface area contributed by atoms with Gasteiger partial charge in [0, 0.05) is 95.8 Å². The maximum atomic E-state index is 15.1. The van der Waals surface area contributed by atoms with Crippen molar-refractivity contribution in [2.24, 2.45) is 11.8 Å². The molecule has 6 fully saturated rings. The van der Waals surface area contributed by atoms with Gasteiger partial charge in [-0.05, 0) is 121 Å². The Morgan fingerprint density at radius 1 is 0.500 bits per heavy atom. The third kappa shape index (κ3) is 7.26. The SMILES string of the molecule is O=C(/C=C1\NC(=O)C(C(c2ccncc2)c2ccncc2)N1C12CC3CC(C1)CC(N1/C(=C/C(=O)c4ccccc4)NC(=O)C1C(c1ccncc1)c1ccncc1)(C3)C2)c1ccccc1. The van der Waals surface area contributed by atoms with Gasteiger partial charge >= 0.3 is 0 Å². The lowest BCUT2D eigenvalue weighted by Gasteiger charge is -2.68. The first-order valence-electron chi connectivity index (χ1n) is 22.7. The lowest BCUT2D eigenvalue weighted by Crippen LogP contribution is -2.71. The zero-order chi connectivity index (χ0) is 44.8. The zero-order valence-electron chi connectivity index (χ0n) is 36.2. The summed E-state index contributed by atoms with van der Waals surface area (Å²) in [6, 6.07) is 32.4. The van der Waals surface area contributed by atoms with Crippen LogP contribution in [-0.2, 0) is 9.59 Å². The standard InChI is InChI=1S/C54H48N8O4/c63-43(37-7-3-1-4-8-37)28-45-59-51(65)49(47(39-11-19-55-20-12-39)40-13-21-56-22-14-40)61(45)53-30-35-27-36(31-53)33-54(32-35,34-53)62-46(29-44(64)38-9-5-2-6-10-38)60-52(66)50(62)48(41-15-23-57-24-16-41)42-17-25-58-26-18-42/h1-26,28-29,35-36,47-50H,27,30-34H2,(H,59,65)(H,60,66)/b45-28+,46-29+. The van der Waals surface area contributed by atoms with Crippen LogP contribution in [0.25, 0.3) is 0 Å². The molecule has 4 aromatic heterocycles. The Kier molecular flexibility index (Phi) is 10.4. The first-order valence-corrected chi connectivity index (χ1v) is 22.7. The fourth-order valence-electron chi connectivity index (χ4n) is 12.7. The summed E-state index contributed by atoms with van der Waals surface area (Å²) in [7, 11) is 0. The third-order valence-electron chi connectivity index (χ3n) is 14.7. The van der Waals surface area contributed by atoms with E-state index in [9.17, 15) is 9.59 Å². The van der Waals surface area contributed by atoms with E-state index in [0.29, 0.717) is 29.2 Å². The maximum absolute atomic E-state index is 15.1. The highest BCUT2D eigenvalue weighted by Gasteiger charge is 2.67. The number of rotatable bonds is 12. The summed E-state index contributed by atoms with van der Waals surface area (Å²) in [5.41, 5.74) is 3.38. The smallest absolute Gasteiger partial charge is 0.249 e. The lowest BCUT2D eigenvalue weighted by atomic mass is 9.48. The number of ketones is 2. The molecule has 2 saturated heterocycles. The molecule has 6 aromatic rings. The fourth-order valence-corrected chi connectivity index (χ4v) is 12.7. The van der Waals surface area contributed by atoms with Crippen molar-refractivity contribution in [3.05, 3.63) is 216 Å². The number of benzene rings is 2. The minimum absolute atomic E-state index is 0.203. The third-order valence-corrected chi connectivity index (χ3v) is 14.7. The molecule has 66 heavy (non-hydrogen) atoms. The number of hydrogen-bond acceptors (Lipinski definition) is 10. The van der Waals surface area contributed by atoms with Crippen molar-refractivity contribution in [3.63, 3.8) is 0 Å². The first kappa shape index (κ1) is 41.1. The molecule has 12 rings (SSSR count). The van der Waals surface area contributed by atoms with Gasteiger partial charge in [0.15, 0.2) is 11.6 Å². The van der Waals surface area contributed by atoms with Crippen molar-refractivity contribution < 1.29 is 19.2 Å². The van der Waals surface area contributed by atoms with E-state index in [1.807, 2.05) is 84.9 Å². The zero-order valence-corrected chi connectivity index (χ0v) is 36.2. The Morgan fingerprint density at radius 2 is 0.818 bits per heavy atom. The van der Waals surface area contributed by atoms with E-state index in [1.165, 1.54) is 0 Å². The van der Waals surface area contributed by atoms with Gasteiger partial charge < -0.3 is 20.4 Å². The second-order valence-electron chi connectivity index (χ2n) is 18.6. The van der Waals surface area contributed by atoms with Crippen molar-refractivity contribution in [2.45, 2.75) is 73.5 Å².